The fourth-order valence-electron chi connectivity index (χ4n) is 3.69. The number of hydrogen-bond acceptors (Lipinski definition) is 5. The minimum absolute atomic E-state index is 0.106. The first-order valence-corrected chi connectivity index (χ1v) is 11.8. The number of nitrogens with zero attached hydrogens (tertiary/aromatic N) is 1. The maximum atomic E-state index is 12.8. The molecule has 0 aromatic heterocycles. The van der Waals surface area contributed by atoms with Crippen LogP contribution in [0.4, 0.5) is 11.4 Å². The van der Waals surface area contributed by atoms with Crippen molar-refractivity contribution in [3.8, 4) is 11.5 Å². The van der Waals surface area contributed by atoms with Crippen molar-refractivity contribution in [3.05, 3.63) is 81.3 Å². The fourth-order valence-corrected chi connectivity index (χ4v) is 4.14. The molecule has 0 saturated carbocycles. The minimum atomic E-state index is -0.517. The second-order valence-corrected chi connectivity index (χ2v) is 9.12. The summed E-state index contributed by atoms with van der Waals surface area (Å²) in [6.07, 6.45) is 0.106. The second-order valence-electron chi connectivity index (χ2n) is 7.87. The quantitative estimate of drug-likeness (QED) is 0.361. The number of benzene rings is 3. The molecule has 1 aliphatic rings. The normalized spacial score (nSPS) is 15.1. The highest BCUT2D eigenvalue weighted by atomic mass is 35.5. The summed E-state index contributed by atoms with van der Waals surface area (Å²) in [5.74, 6) is -0.0645. The van der Waals surface area contributed by atoms with Gasteiger partial charge < -0.3 is 14.4 Å². The molecule has 35 heavy (non-hydrogen) atoms. The number of ether oxygens (including phenoxy) is 2. The van der Waals surface area contributed by atoms with Crippen LogP contribution in [0, 0.1) is 5.92 Å². The van der Waals surface area contributed by atoms with Crippen molar-refractivity contribution in [3.63, 3.8) is 0 Å². The minimum Gasteiger partial charge on any atom is -0.493 e. The van der Waals surface area contributed by atoms with Crippen LogP contribution in [0.1, 0.15) is 12.0 Å². The van der Waals surface area contributed by atoms with E-state index < -0.39 is 5.92 Å². The smallest absolute Gasteiger partial charge is 0.243 e. The fraction of sp³-hybridized carbons (Fsp3) is 0.200. The number of methoxy groups -OCH3 is 1. The Bertz CT molecular complexity index is 1240. The summed E-state index contributed by atoms with van der Waals surface area (Å²) in [5.41, 5.74) is 7.60. The summed E-state index contributed by atoms with van der Waals surface area (Å²) in [5, 5.41) is 1.46. The molecule has 0 radical (unpaired) electrons. The Kier molecular flexibility index (Phi) is 7.90. The summed E-state index contributed by atoms with van der Waals surface area (Å²) < 4.78 is 11.4. The Balaban J connectivity index is 1.41. The van der Waals surface area contributed by atoms with E-state index >= 15 is 0 Å². The molecule has 3 aromatic rings. The van der Waals surface area contributed by atoms with Crippen molar-refractivity contribution in [1.29, 1.82) is 0 Å². The van der Waals surface area contributed by atoms with Crippen LogP contribution in [0.3, 0.4) is 0 Å². The first-order chi connectivity index (χ1) is 16.9. The molecule has 0 bridgehead atoms. The molecular weight excluding hydrogens is 513 g/mol. The zero-order valence-corrected chi connectivity index (χ0v) is 21.0. The molecule has 182 valence electrons. The number of carbonyl (C=O) groups excluding carboxylic acids is 2. The van der Waals surface area contributed by atoms with E-state index in [2.05, 4.69) is 10.9 Å². The molecule has 0 spiro atoms. The standard InChI is InChI=1S/C25H22Cl3N3O4/c1-34-22-4-2-3-21(24(22)35-14-15-5-10-19(27)20(28)11-15)29-30-25(33)16-12-23(32)31(13-16)18-8-6-17(26)7-9-18/h2-11,16,29H,12-14H2,1H3,(H,30,33)/t16-/m1/s1. The van der Waals surface area contributed by atoms with Crippen LogP contribution in [-0.2, 0) is 16.2 Å². The molecule has 4 rings (SSSR count). The van der Waals surface area contributed by atoms with Gasteiger partial charge in [0.05, 0.1) is 28.8 Å². The van der Waals surface area contributed by atoms with E-state index in [1.54, 1.807) is 59.5 Å². The van der Waals surface area contributed by atoms with Gasteiger partial charge >= 0.3 is 0 Å². The van der Waals surface area contributed by atoms with Gasteiger partial charge in [0.25, 0.3) is 0 Å². The molecule has 10 heteroatoms. The number of para-hydroxylation sites is 1. The molecule has 7 nitrogen and oxygen atoms in total. The lowest BCUT2D eigenvalue weighted by atomic mass is 10.1. The molecule has 3 aromatic carbocycles. The topological polar surface area (TPSA) is 79.9 Å². The van der Waals surface area contributed by atoms with Crippen LogP contribution in [-0.4, -0.2) is 25.5 Å². The van der Waals surface area contributed by atoms with Crippen LogP contribution in [0.2, 0.25) is 15.1 Å². The molecule has 2 N–H and O–H groups in total. The highest BCUT2D eigenvalue weighted by molar-refractivity contribution is 6.42. The van der Waals surface area contributed by atoms with Crippen LogP contribution in [0.5, 0.6) is 11.5 Å². The van der Waals surface area contributed by atoms with E-state index in [1.165, 1.54) is 7.11 Å². The first-order valence-electron chi connectivity index (χ1n) is 10.7. The number of carbonyl (C=O) groups is 2. The Hall–Kier alpha value is -3.13. The first kappa shape index (κ1) is 25.0. The van der Waals surface area contributed by atoms with Gasteiger partial charge in [0.15, 0.2) is 11.5 Å². The largest absolute Gasteiger partial charge is 0.493 e. The number of rotatable bonds is 8. The summed E-state index contributed by atoms with van der Waals surface area (Å²) >= 11 is 18.0. The number of amides is 2. The molecule has 0 aliphatic carbocycles. The second kappa shape index (κ2) is 11.1. The van der Waals surface area contributed by atoms with E-state index in [0.717, 1.165) is 5.56 Å². The van der Waals surface area contributed by atoms with Gasteiger partial charge in [-0.15, -0.1) is 0 Å². The Morgan fingerprint density at radius 2 is 1.83 bits per heavy atom. The molecule has 1 saturated heterocycles. The third-order valence-corrected chi connectivity index (χ3v) is 6.51. The van der Waals surface area contributed by atoms with Gasteiger partial charge in [0.2, 0.25) is 11.8 Å². The van der Waals surface area contributed by atoms with E-state index in [-0.39, 0.29) is 31.4 Å². The van der Waals surface area contributed by atoms with Gasteiger partial charge in [0, 0.05) is 23.7 Å². The number of hydrazine groups is 1. The highest BCUT2D eigenvalue weighted by Gasteiger charge is 2.35. The summed E-state index contributed by atoms with van der Waals surface area (Å²) in [6, 6.07) is 17.4. The molecule has 1 fully saturated rings. The van der Waals surface area contributed by atoms with Crippen LogP contribution in [0.25, 0.3) is 0 Å². The average molecular weight is 535 g/mol. The van der Waals surface area contributed by atoms with Crippen molar-refractivity contribution in [2.75, 3.05) is 24.0 Å². The molecular formula is C25H22Cl3N3O4. The third kappa shape index (κ3) is 5.93. The average Bonchev–Trinajstić information content (AvgIpc) is 3.25. The van der Waals surface area contributed by atoms with Crippen LogP contribution in [0.15, 0.2) is 60.7 Å². The summed E-state index contributed by atoms with van der Waals surface area (Å²) in [6.45, 7) is 0.472. The van der Waals surface area contributed by atoms with Gasteiger partial charge in [-0.05, 0) is 54.1 Å². The molecule has 0 unspecified atom stereocenters. The van der Waals surface area contributed by atoms with Gasteiger partial charge in [-0.25, -0.2) is 0 Å². The lowest BCUT2D eigenvalue weighted by Gasteiger charge is -2.19. The van der Waals surface area contributed by atoms with Crippen molar-refractivity contribution in [1.82, 2.24) is 5.43 Å². The zero-order valence-electron chi connectivity index (χ0n) is 18.7. The Labute approximate surface area is 217 Å². The molecule has 1 atom stereocenters. The number of halogens is 3. The molecule has 1 heterocycles. The van der Waals surface area contributed by atoms with Crippen LogP contribution < -0.4 is 25.2 Å². The monoisotopic (exact) mass is 533 g/mol. The van der Waals surface area contributed by atoms with Crippen molar-refractivity contribution in [2.45, 2.75) is 13.0 Å². The van der Waals surface area contributed by atoms with Gasteiger partial charge in [-0.2, -0.15) is 0 Å². The SMILES string of the molecule is COc1cccc(NNC(=O)[C@@H]2CC(=O)N(c3ccc(Cl)cc3)C2)c1OCc1ccc(Cl)c(Cl)c1. The lowest BCUT2D eigenvalue weighted by molar-refractivity contribution is -0.125. The molecule has 1 aliphatic heterocycles. The van der Waals surface area contributed by atoms with E-state index in [4.69, 9.17) is 44.3 Å². The third-order valence-electron chi connectivity index (χ3n) is 5.52. The molecule has 2 amide bonds. The number of nitrogens with one attached hydrogen (secondary N) is 2. The Morgan fingerprint density at radius 1 is 1.06 bits per heavy atom. The number of hydrogen-bond donors (Lipinski definition) is 2. The van der Waals surface area contributed by atoms with E-state index in [0.29, 0.717) is 37.9 Å². The lowest BCUT2D eigenvalue weighted by Crippen LogP contribution is -2.36. The van der Waals surface area contributed by atoms with E-state index in [1.807, 2.05) is 6.07 Å². The predicted octanol–water partition coefficient (Wildman–Crippen LogP) is 5.73. The van der Waals surface area contributed by atoms with Crippen LogP contribution >= 0.6 is 34.8 Å². The van der Waals surface area contributed by atoms with E-state index in [9.17, 15) is 9.59 Å². The van der Waals surface area contributed by atoms with Crippen molar-refractivity contribution in [2.24, 2.45) is 5.92 Å². The highest BCUT2D eigenvalue weighted by Crippen LogP contribution is 2.36. The maximum absolute atomic E-state index is 12.8. The van der Waals surface area contributed by atoms with Crippen molar-refractivity contribution < 1.29 is 19.1 Å². The van der Waals surface area contributed by atoms with Gasteiger partial charge in [-0.1, -0.05) is 46.9 Å². The van der Waals surface area contributed by atoms with Gasteiger partial charge in [0.1, 0.15) is 6.61 Å². The number of anilines is 2. The Morgan fingerprint density at radius 3 is 2.54 bits per heavy atom. The summed E-state index contributed by atoms with van der Waals surface area (Å²) in [4.78, 5) is 26.9. The maximum Gasteiger partial charge on any atom is 0.243 e. The predicted molar refractivity (Wildman–Crippen MR) is 137 cm³/mol. The van der Waals surface area contributed by atoms with Gasteiger partial charge in [-0.3, -0.25) is 20.4 Å². The zero-order chi connectivity index (χ0) is 24.9. The van der Waals surface area contributed by atoms with Crippen molar-refractivity contribution >= 4 is 58.0 Å². The summed E-state index contributed by atoms with van der Waals surface area (Å²) in [7, 11) is 1.53.